The molecule has 204 valence electrons. The molecule has 1 aromatic carbocycles. The highest BCUT2D eigenvalue weighted by Gasteiger charge is 2.39. The largest absolute Gasteiger partial charge is 0.329 e. The van der Waals surface area contributed by atoms with Crippen LogP contribution in [0.5, 0.6) is 0 Å². The second-order valence-corrected chi connectivity index (χ2v) is 13.9. The summed E-state index contributed by atoms with van der Waals surface area (Å²) in [6, 6.07) is 3.00. The monoisotopic (exact) mass is 698 g/mol. The first kappa shape index (κ1) is 27.0. The van der Waals surface area contributed by atoms with Crippen LogP contribution in [0.25, 0.3) is 0 Å². The highest BCUT2D eigenvalue weighted by Crippen LogP contribution is 2.45. The Balaban J connectivity index is 1.24. The quantitative estimate of drug-likeness (QED) is 0.276. The van der Waals surface area contributed by atoms with E-state index in [9.17, 15) is 13.2 Å². The van der Waals surface area contributed by atoms with Crippen molar-refractivity contribution in [2.45, 2.75) is 40.3 Å². The van der Waals surface area contributed by atoms with Gasteiger partial charge in [0.2, 0.25) is 5.91 Å². The number of hydrogen-bond donors (Lipinski definition) is 2. The maximum atomic E-state index is 13.5. The number of carbonyl (C=O) groups excluding carboxylic acids is 1. The lowest BCUT2D eigenvalue weighted by molar-refractivity contribution is -0.124. The van der Waals surface area contributed by atoms with Gasteiger partial charge >= 0.3 is 0 Å². The number of carbonyl (C=O) groups is 1. The Morgan fingerprint density at radius 3 is 2.87 bits per heavy atom. The van der Waals surface area contributed by atoms with Crippen LogP contribution in [0.1, 0.15) is 24.6 Å². The number of nitrogens with one attached hydrogen (secondary N) is 2. The predicted molar refractivity (Wildman–Crippen MR) is 157 cm³/mol. The van der Waals surface area contributed by atoms with E-state index >= 15 is 0 Å². The van der Waals surface area contributed by atoms with Crippen LogP contribution >= 0.6 is 45.8 Å². The van der Waals surface area contributed by atoms with Crippen LogP contribution in [0.15, 0.2) is 77.1 Å². The van der Waals surface area contributed by atoms with Gasteiger partial charge in [0.1, 0.15) is 6.04 Å². The number of allylic oxidation sites excluding steroid dienone is 5. The van der Waals surface area contributed by atoms with Gasteiger partial charge in [0, 0.05) is 30.9 Å². The molecule has 4 unspecified atom stereocenters. The van der Waals surface area contributed by atoms with Crippen LogP contribution in [0, 0.1) is 11.8 Å². The summed E-state index contributed by atoms with van der Waals surface area (Å²) < 4.78 is 30.2. The third-order valence-corrected chi connectivity index (χ3v) is 11.4. The maximum absolute atomic E-state index is 13.5. The van der Waals surface area contributed by atoms with E-state index in [-0.39, 0.29) is 33.3 Å². The Kier molecular flexibility index (Phi) is 7.38. The molecular weight excluding hydrogens is 674 g/mol. The summed E-state index contributed by atoms with van der Waals surface area (Å²) in [5, 5.41) is 15.2. The van der Waals surface area contributed by atoms with Crippen LogP contribution in [0.4, 0.5) is 0 Å². The van der Waals surface area contributed by atoms with Crippen molar-refractivity contribution >= 4 is 61.7 Å². The molecule has 39 heavy (non-hydrogen) atoms. The minimum Gasteiger partial charge on any atom is -0.329 e. The standard InChI is InChI=1S/C26H25Cl2IN6O3S/c27-21-5-4-18(13-22(21)28)39(37,38)35-9-8-31-26(36)24(35)12-17-14-34(33-32-17)23-3-1-2-15-11-20-16(10-19(15)23)6-7-30-25(20)29/h1-5,8-9,11,13-14,16,19,23-25,30H,6-7,10,12H2,(H,31,36)/t16?,19?,23?,24?,25-/m0/s1. The number of amides is 1. The maximum Gasteiger partial charge on any atom is 0.264 e. The minimum atomic E-state index is -4.09. The molecule has 2 aliphatic carbocycles. The molecule has 5 atom stereocenters. The van der Waals surface area contributed by atoms with Crippen LogP contribution in [0.3, 0.4) is 0 Å². The molecule has 1 fully saturated rings. The second-order valence-electron chi connectivity index (χ2n) is 9.98. The molecule has 0 saturated carbocycles. The lowest BCUT2D eigenvalue weighted by Crippen LogP contribution is -2.50. The fraction of sp³-hybridized carbons (Fsp3) is 0.346. The van der Waals surface area contributed by atoms with Crippen LogP contribution in [0.2, 0.25) is 10.0 Å². The summed E-state index contributed by atoms with van der Waals surface area (Å²) in [5.41, 5.74) is 3.26. The highest BCUT2D eigenvalue weighted by molar-refractivity contribution is 14.1. The first-order chi connectivity index (χ1) is 18.7. The van der Waals surface area contributed by atoms with Crippen molar-refractivity contribution in [1.82, 2.24) is 29.9 Å². The van der Waals surface area contributed by atoms with Crippen molar-refractivity contribution in [3.8, 4) is 0 Å². The molecule has 3 heterocycles. The first-order valence-corrected chi connectivity index (χ1v) is 16.0. The molecule has 0 bridgehead atoms. The third-order valence-electron chi connectivity index (χ3n) is 7.68. The van der Waals surface area contributed by atoms with Gasteiger partial charge in [0.05, 0.1) is 30.7 Å². The van der Waals surface area contributed by atoms with Gasteiger partial charge in [-0.2, -0.15) is 0 Å². The van der Waals surface area contributed by atoms with Crippen molar-refractivity contribution in [1.29, 1.82) is 0 Å². The van der Waals surface area contributed by atoms with Gasteiger partial charge in [-0.3, -0.25) is 9.10 Å². The number of alkyl halides is 1. The van der Waals surface area contributed by atoms with E-state index in [1.165, 1.54) is 41.7 Å². The number of nitrogens with zero attached hydrogens (tertiary/aromatic N) is 4. The summed E-state index contributed by atoms with van der Waals surface area (Å²) >= 11 is 14.5. The molecule has 13 heteroatoms. The predicted octanol–water partition coefficient (Wildman–Crippen LogP) is 4.14. The lowest BCUT2D eigenvalue weighted by atomic mass is 9.71. The van der Waals surface area contributed by atoms with Crippen LogP contribution in [-0.2, 0) is 21.2 Å². The summed E-state index contributed by atoms with van der Waals surface area (Å²) in [6.45, 7) is 1.01. The average Bonchev–Trinajstić information content (AvgIpc) is 3.38. The molecule has 0 spiro atoms. The molecule has 2 aliphatic heterocycles. The van der Waals surface area contributed by atoms with Crippen molar-refractivity contribution in [3.63, 3.8) is 0 Å². The van der Waals surface area contributed by atoms with Gasteiger partial charge in [-0.05, 0) is 54.6 Å². The lowest BCUT2D eigenvalue weighted by Gasteiger charge is -2.40. The topological polar surface area (TPSA) is 109 Å². The fourth-order valence-corrected chi connectivity index (χ4v) is 8.55. The number of fused-ring (bicyclic) bond motifs is 2. The van der Waals surface area contributed by atoms with Gasteiger partial charge in [0.15, 0.2) is 0 Å². The summed E-state index contributed by atoms with van der Waals surface area (Å²) in [5.74, 6) is 0.347. The zero-order valence-electron chi connectivity index (χ0n) is 20.5. The number of rotatable bonds is 5. The normalized spacial score (nSPS) is 28.3. The van der Waals surface area contributed by atoms with Crippen LogP contribution in [-0.4, -0.2) is 50.3 Å². The Bertz CT molecular complexity index is 1550. The molecule has 1 saturated heterocycles. The first-order valence-electron chi connectivity index (χ1n) is 12.6. The highest BCUT2D eigenvalue weighted by atomic mass is 127. The minimum absolute atomic E-state index is 0.0114. The van der Waals surface area contributed by atoms with E-state index in [1.807, 2.05) is 10.9 Å². The van der Waals surface area contributed by atoms with Crippen molar-refractivity contribution in [2.75, 3.05) is 6.54 Å². The van der Waals surface area contributed by atoms with Crippen LogP contribution < -0.4 is 10.6 Å². The third kappa shape index (κ3) is 5.08. The van der Waals surface area contributed by atoms with Gasteiger partial charge < -0.3 is 10.6 Å². The zero-order chi connectivity index (χ0) is 27.3. The number of hydrogen-bond acceptors (Lipinski definition) is 6. The van der Waals surface area contributed by atoms with E-state index < -0.39 is 22.0 Å². The summed E-state index contributed by atoms with van der Waals surface area (Å²) in [4.78, 5) is 12.8. The Hall–Kier alpha value is -2.19. The molecular formula is C26H25Cl2IN6O3S. The van der Waals surface area contributed by atoms with E-state index in [2.05, 4.69) is 67.8 Å². The van der Waals surface area contributed by atoms with Crippen molar-refractivity contribution < 1.29 is 13.2 Å². The molecule has 2 aromatic rings. The Labute approximate surface area is 250 Å². The van der Waals surface area contributed by atoms with Crippen molar-refractivity contribution in [2.24, 2.45) is 11.8 Å². The molecule has 4 aliphatic rings. The molecule has 1 aromatic heterocycles. The number of piperidine rings is 1. The summed E-state index contributed by atoms with van der Waals surface area (Å²) in [6.07, 6.45) is 15.3. The molecule has 1 amide bonds. The van der Waals surface area contributed by atoms with E-state index in [4.69, 9.17) is 23.2 Å². The van der Waals surface area contributed by atoms with E-state index in [0.29, 0.717) is 15.7 Å². The van der Waals surface area contributed by atoms with Gasteiger partial charge in [0.25, 0.3) is 10.0 Å². The summed E-state index contributed by atoms with van der Waals surface area (Å²) in [7, 11) is -4.09. The number of aromatic nitrogens is 3. The molecule has 0 radical (unpaired) electrons. The zero-order valence-corrected chi connectivity index (χ0v) is 25.0. The molecule has 2 N–H and O–H groups in total. The fourth-order valence-electron chi connectivity index (χ4n) is 5.71. The second kappa shape index (κ2) is 10.7. The Morgan fingerprint density at radius 1 is 1.21 bits per heavy atom. The van der Waals surface area contributed by atoms with E-state index in [1.54, 1.807) is 0 Å². The number of benzene rings is 1. The average molecular weight is 699 g/mol. The smallest absolute Gasteiger partial charge is 0.264 e. The Morgan fingerprint density at radius 2 is 2.05 bits per heavy atom. The van der Waals surface area contributed by atoms with Gasteiger partial charge in [-0.15, -0.1) is 5.10 Å². The molecule has 6 rings (SSSR count). The van der Waals surface area contributed by atoms with Gasteiger partial charge in [-0.1, -0.05) is 75.3 Å². The van der Waals surface area contributed by atoms with Gasteiger partial charge in [-0.25, -0.2) is 13.1 Å². The number of halogens is 3. The van der Waals surface area contributed by atoms with E-state index in [0.717, 1.165) is 23.7 Å². The molecule has 9 nitrogen and oxygen atoms in total. The number of sulfonamides is 1. The van der Waals surface area contributed by atoms with Crippen molar-refractivity contribution in [3.05, 3.63) is 88.0 Å². The SMILES string of the molecule is O=C1NC=CN(S(=O)(=O)c2ccc(Cl)c(Cl)c2)C1Cc1cn(C2C=CC=C3C=C4C(CCN[C@@H]4I)CC32)nn1.